The summed E-state index contributed by atoms with van der Waals surface area (Å²) in [7, 11) is 0. The molecular formula is C12H17NO2. The van der Waals surface area contributed by atoms with Crippen LogP contribution in [0.15, 0.2) is 30.3 Å². The fraction of sp³-hybridized carbons (Fsp3) is 0.417. The molecule has 0 aliphatic carbocycles. The molecule has 1 aromatic rings. The number of amides is 1. The maximum absolute atomic E-state index is 11.5. The number of benzene rings is 1. The molecule has 3 nitrogen and oxygen atoms in total. The molecule has 0 saturated carbocycles. The second-order valence-electron chi connectivity index (χ2n) is 3.52. The summed E-state index contributed by atoms with van der Waals surface area (Å²) in [5, 5.41) is 11.7. The predicted octanol–water partition coefficient (Wildman–Crippen LogP) is 1.12. The molecule has 1 amide bonds. The van der Waals surface area contributed by atoms with Gasteiger partial charge >= 0.3 is 0 Å². The highest BCUT2D eigenvalue weighted by Crippen LogP contribution is 2.00. The summed E-state index contributed by atoms with van der Waals surface area (Å²) in [6.07, 6.45) is 1.12. The topological polar surface area (TPSA) is 49.3 Å². The van der Waals surface area contributed by atoms with Gasteiger partial charge in [-0.25, -0.2) is 0 Å². The van der Waals surface area contributed by atoms with Crippen molar-refractivity contribution in [1.82, 2.24) is 5.32 Å². The molecule has 0 spiro atoms. The van der Waals surface area contributed by atoms with E-state index in [9.17, 15) is 4.79 Å². The highest BCUT2D eigenvalue weighted by atomic mass is 16.3. The van der Waals surface area contributed by atoms with E-state index in [2.05, 4.69) is 5.32 Å². The van der Waals surface area contributed by atoms with Gasteiger partial charge in [-0.15, -0.1) is 0 Å². The summed E-state index contributed by atoms with van der Waals surface area (Å²) in [4.78, 5) is 11.5. The zero-order chi connectivity index (χ0) is 11.1. The van der Waals surface area contributed by atoms with Crippen LogP contribution >= 0.6 is 0 Å². The van der Waals surface area contributed by atoms with Gasteiger partial charge in [-0.05, 0) is 12.0 Å². The second kappa shape index (κ2) is 6.19. The number of aliphatic hydroxyl groups is 1. The van der Waals surface area contributed by atoms with Crippen molar-refractivity contribution in [2.45, 2.75) is 25.8 Å². The number of aliphatic hydroxyl groups excluding tert-OH is 1. The summed E-state index contributed by atoms with van der Waals surface area (Å²) in [6.45, 7) is 1.93. The van der Waals surface area contributed by atoms with Crippen LogP contribution in [0.1, 0.15) is 18.9 Å². The van der Waals surface area contributed by atoms with E-state index < -0.39 is 0 Å². The molecule has 0 heterocycles. The van der Waals surface area contributed by atoms with E-state index in [1.165, 1.54) is 0 Å². The van der Waals surface area contributed by atoms with Crippen LogP contribution < -0.4 is 5.32 Å². The van der Waals surface area contributed by atoms with Crippen LogP contribution in [-0.4, -0.2) is 23.7 Å². The van der Waals surface area contributed by atoms with E-state index in [1.54, 1.807) is 0 Å². The molecule has 15 heavy (non-hydrogen) atoms. The maximum atomic E-state index is 11.5. The fourth-order valence-corrected chi connectivity index (χ4v) is 1.34. The number of nitrogens with one attached hydrogen (secondary N) is 1. The van der Waals surface area contributed by atoms with Crippen LogP contribution in [0, 0.1) is 0 Å². The molecule has 0 fully saturated rings. The molecule has 0 aliphatic rings. The first-order valence-electron chi connectivity index (χ1n) is 5.20. The minimum Gasteiger partial charge on any atom is -0.394 e. The van der Waals surface area contributed by atoms with Crippen molar-refractivity contribution >= 4 is 5.91 Å². The first kappa shape index (κ1) is 11.7. The monoisotopic (exact) mass is 207 g/mol. The number of carbonyl (C=O) groups excluding carboxylic acids is 1. The fourth-order valence-electron chi connectivity index (χ4n) is 1.34. The Kier molecular flexibility index (Phi) is 4.84. The lowest BCUT2D eigenvalue weighted by molar-refractivity contribution is -0.121. The molecule has 82 valence electrons. The van der Waals surface area contributed by atoms with Crippen molar-refractivity contribution in [3.05, 3.63) is 35.9 Å². The Morgan fingerprint density at radius 2 is 2.07 bits per heavy atom. The van der Waals surface area contributed by atoms with Gasteiger partial charge in [0.05, 0.1) is 19.1 Å². The molecule has 0 bridgehead atoms. The van der Waals surface area contributed by atoms with E-state index in [4.69, 9.17) is 5.11 Å². The van der Waals surface area contributed by atoms with Gasteiger partial charge in [-0.3, -0.25) is 4.79 Å². The van der Waals surface area contributed by atoms with Gasteiger partial charge in [0.15, 0.2) is 0 Å². The van der Waals surface area contributed by atoms with E-state index in [1.807, 2.05) is 37.3 Å². The molecular weight excluding hydrogens is 190 g/mol. The second-order valence-corrected chi connectivity index (χ2v) is 3.52. The third kappa shape index (κ3) is 4.13. The van der Waals surface area contributed by atoms with Gasteiger partial charge in [-0.1, -0.05) is 37.3 Å². The average molecular weight is 207 g/mol. The SMILES string of the molecule is CC[C@@H](CO)NC(=O)Cc1ccccc1. The highest BCUT2D eigenvalue weighted by molar-refractivity contribution is 5.78. The zero-order valence-corrected chi connectivity index (χ0v) is 8.94. The van der Waals surface area contributed by atoms with Crippen LogP contribution in [0.2, 0.25) is 0 Å². The number of hydrogen-bond donors (Lipinski definition) is 2. The predicted molar refractivity (Wildman–Crippen MR) is 59.5 cm³/mol. The number of hydrogen-bond acceptors (Lipinski definition) is 2. The third-order valence-corrected chi connectivity index (χ3v) is 2.29. The summed E-state index contributed by atoms with van der Waals surface area (Å²) >= 11 is 0. The van der Waals surface area contributed by atoms with E-state index in [0.29, 0.717) is 6.42 Å². The highest BCUT2D eigenvalue weighted by Gasteiger charge is 2.08. The minimum absolute atomic E-state index is 0.00295. The molecule has 0 saturated heterocycles. The normalized spacial score (nSPS) is 12.1. The lowest BCUT2D eigenvalue weighted by Crippen LogP contribution is -2.37. The van der Waals surface area contributed by atoms with Crippen molar-refractivity contribution in [2.24, 2.45) is 0 Å². The van der Waals surface area contributed by atoms with Gasteiger partial charge in [0.2, 0.25) is 5.91 Å². The number of carbonyl (C=O) groups is 1. The molecule has 1 aromatic carbocycles. The van der Waals surface area contributed by atoms with Gasteiger partial charge in [-0.2, -0.15) is 0 Å². The molecule has 0 radical (unpaired) electrons. The van der Waals surface area contributed by atoms with Crippen molar-refractivity contribution in [1.29, 1.82) is 0 Å². The van der Waals surface area contributed by atoms with Crippen molar-refractivity contribution < 1.29 is 9.90 Å². The Hall–Kier alpha value is -1.35. The first-order valence-corrected chi connectivity index (χ1v) is 5.20. The van der Waals surface area contributed by atoms with Crippen LogP contribution in [0.5, 0.6) is 0 Å². The van der Waals surface area contributed by atoms with Gasteiger partial charge in [0.25, 0.3) is 0 Å². The van der Waals surface area contributed by atoms with Gasteiger partial charge in [0, 0.05) is 0 Å². The van der Waals surface area contributed by atoms with Crippen molar-refractivity contribution in [3.63, 3.8) is 0 Å². The summed E-state index contributed by atoms with van der Waals surface area (Å²) in [5.74, 6) is -0.0397. The standard InChI is InChI=1S/C12H17NO2/c1-2-11(9-14)13-12(15)8-10-6-4-3-5-7-10/h3-7,11,14H,2,8-9H2,1H3,(H,13,15)/t11-/m0/s1. The maximum Gasteiger partial charge on any atom is 0.224 e. The smallest absolute Gasteiger partial charge is 0.224 e. The minimum atomic E-state index is -0.124. The Balaban J connectivity index is 2.43. The Bertz CT molecular complexity index is 294. The molecule has 0 aromatic heterocycles. The Morgan fingerprint density at radius 1 is 1.40 bits per heavy atom. The largest absolute Gasteiger partial charge is 0.394 e. The van der Waals surface area contributed by atoms with Crippen LogP contribution in [-0.2, 0) is 11.2 Å². The lowest BCUT2D eigenvalue weighted by Gasteiger charge is -2.13. The summed E-state index contributed by atoms with van der Waals surface area (Å²) in [5.41, 5.74) is 0.989. The van der Waals surface area contributed by atoms with Crippen molar-refractivity contribution in [2.75, 3.05) is 6.61 Å². The quantitative estimate of drug-likeness (QED) is 0.760. The molecule has 0 unspecified atom stereocenters. The average Bonchev–Trinajstić information content (AvgIpc) is 2.27. The Labute approximate surface area is 90.1 Å². The van der Waals surface area contributed by atoms with Crippen LogP contribution in [0.4, 0.5) is 0 Å². The zero-order valence-electron chi connectivity index (χ0n) is 8.94. The Morgan fingerprint density at radius 3 is 2.60 bits per heavy atom. The van der Waals surface area contributed by atoms with E-state index in [-0.39, 0.29) is 18.6 Å². The lowest BCUT2D eigenvalue weighted by atomic mass is 10.1. The van der Waals surface area contributed by atoms with E-state index in [0.717, 1.165) is 12.0 Å². The molecule has 0 aliphatic heterocycles. The van der Waals surface area contributed by atoms with Gasteiger partial charge in [0.1, 0.15) is 0 Å². The van der Waals surface area contributed by atoms with Crippen molar-refractivity contribution in [3.8, 4) is 0 Å². The first-order chi connectivity index (χ1) is 7.26. The van der Waals surface area contributed by atoms with Crippen LogP contribution in [0.3, 0.4) is 0 Å². The molecule has 1 rings (SSSR count). The summed E-state index contributed by atoms with van der Waals surface area (Å²) in [6, 6.07) is 9.45. The third-order valence-electron chi connectivity index (χ3n) is 2.29. The van der Waals surface area contributed by atoms with Crippen LogP contribution in [0.25, 0.3) is 0 Å². The molecule has 3 heteroatoms. The molecule has 2 N–H and O–H groups in total. The summed E-state index contributed by atoms with van der Waals surface area (Å²) < 4.78 is 0. The number of rotatable bonds is 5. The van der Waals surface area contributed by atoms with E-state index >= 15 is 0 Å². The van der Waals surface area contributed by atoms with Gasteiger partial charge < -0.3 is 10.4 Å². The molecule has 1 atom stereocenters.